The lowest BCUT2D eigenvalue weighted by Crippen LogP contribution is -2.14. The zero-order valence-electron chi connectivity index (χ0n) is 12.9. The molecule has 1 aromatic heterocycles. The van der Waals surface area contributed by atoms with Gasteiger partial charge in [-0.3, -0.25) is 5.32 Å². The van der Waals surface area contributed by atoms with Crippen LogP contribution in [0, 0.1) is 6.92 Å². The van der Waals surface area contributed by atoms with Crippen molar-refractivity contribution >= 4 is 59.3 Å². The molecule has 0 aliphatic heterocycles. The number of carbonyl (C=O) groups is 1. The Morgan fingerprint density at radius 3 is 2.61 bits per heavy atom. The van der Waals surface area contributed by atoms with Crippen LogP contribution in [0.3, 0.4) is 0 Å². The highest BCUT2D eigenvalue weighted by Crippen LogP contribution is 2.24. The summed E-state index contributed by atoms with van der Waals surface area (Å²) in [5.74, 6) is 0. The normalized spacial score (nSPS) is 9.30. The van der Waals surface area contributed by atoms with Crippen molar-refractivity contribution in [2.75, 3.05) is 23.0 Å². The molecule has 0 saturated carbocycles. The first kappa shape index (κ1) is 21.4. The van der Waals surface area contributed by atoms with Gasteiger partial charge in [0.1, 0.15) is 0 Å². The molecule has 4 N–H and O–H groups in total. The van der Waals surface area contributed by atoms with E-state index in [2.05, 4.69) is 29.0 Å². The van der Waals surface area contributed by atoms with E-state index >= 15 is 0 Å². The van der Waals surface area contributed by atoms with Gasteiger partial charge in [0.2, 0.25) is 0 Å². The van der Waals surface area contributed by atoms with Crippen LogP contribution in [-0.2, 0) is 11.3 Å². The first-order chi connectivity index (χ1) is 10.1. The largest absolute Gasteiger partial charge is 0.450 e. The van der Waals surface area contributed by atoms with Gasteiger partial charge < -0.3 is 15.8 Å². The SMILES string of the molecule is CCOC(=O)Nc1ccc(NCc2sccc2C)cc1N.Cl.Cl. The molecule has 23 heavy (non-hydrogen) atoms. The molecule has 0 radical (unpaired) electrons. The van der Waals surface area contributed by atoms with E-state index in [1.807, 2.05) is 6.07 Å². The van der Waals surface area contributed by atoms with Crippen molar-refractivity contribution in [2.45, 2.75) is 20.4 Å². The van der Waals surface area contributed by atoms with Gasteiger partial charge in [0.15, 0.2) is 0 Å². The van der Waals surface area contributed by atoms with Crippen molar-refractivity contribution in [3.8, 4) is 0 Å². The number of halogens is 2. The van der Waals surface area contributed by atoms with E-state index in [4.69, 9.17) is 10.5 Å². The van der Waals surface area contributed by atoms with Gasteiger partial charge >= 0.3 is 6.09 Å². The lowest BCUT2D eigenvalue weighted by Gasteiger charge is -2.11. The van der Waals surface area contributed by atoms with Crippen LogP contribution in [0.2, 0.25) is 0 Å². The number of anilines is 3. The summed E-state index contributed by atoms with van der Waals surface area (Å²) in [6.07, 6.45) is -0.501. The molecule has 0 unspecified atom stereocenters. The van der Waals surface area contributed by atoms with Crippen molar-refractivity contribution < 1.29 is 9.53 Å². The Bertz CT molecular complexity index is 635. The van der Waals surface area contributed by atoms with E-state index in [0.29, 0.717) is 18.0 Å². The molecule has 5 nitrogen and oxygen atoms in total. The number of ether oxygens (including phenoxy) is 1. The number of hydrogen-bond acceptors (Lipinski definition) is 5. The highest BCUT2D eigenvalue weighted by molar-refractivity contribution is 7.10. The van der Waals surface area contributed by atoms with Crippen molar-refractivity contribution in [3.05, 3.63) is 40.1 Å². The van der Waals surface area contributed by atoms with Gasteiger partial charge in [0, 0.05) is 17.1 Å². The van der Waals surface area contributed by atoms with Crippen molar-refractivity contribution in [2.24, 2.45) is 0 Å². The second kappa shape index (κ2) is 10.2. The number of nitrogens with one attached hydrogen (secondary N) is 2. The van der Waals surface area contributed by atoms with E-state index in [0.717, 1.165) is 12.2 Å². The van der Waals surface area contributed by atoms with Crippen LogP contribution in [0.25, 0.3) is 0 Å². The molecule has 1 aromatic carbocycles. The summed E-state index contributed by atoms with van der Waals surface area (Å²) in [5, 5.41) is 8.00. The summed E-state index contributed by atoms with van der Waals surface area (Å²) in [4.78, 5) is 12.7. The molecular weight excluding hydrogens is 357 g/mol. The molecule has 1 heterocycles. The summed E-state index contributed by atoms with van der Waals surface area (Å²) >= 11 is 1.72. The zero-order valence-corrected chi connectivity index (χ0v) is 15.4. The monoisotopic (exact) mass is 377 g/mol. The lowest BCUT2D eigenvalue weighted by molar-refractivity contribution is 0.168. The number of aryl methyl sites for hydroxylation is 1. The van der Waals surface area contributed by atoms with Crippen molar-refractivity contribution in [1.29, 1.82) is 0 Å². The Kier molecular flexibility index (Phi) is 9.48. The van der Waals surface area contributed by atoms with Gasteiger partial charge in [-0.2, -0.15) is 0 Å². The molecule has 0 fully saturated rings. The van der Waals surface area contributed by atoms with Crippen LogP contribution in [0.5, 0.6) is 0 Å². The van der Waals surface area contributed by atoms with Crippen LogP contribution in [0.1, 0.15) is 17.4 Å². The van der Waals surface area contributed by atoms with Gasteiger partial charge in [0.05, 0.1) is 18.0 Å². The number of rotatable bonds is 5. The molecule has 8 heteroatoms. The fourth-order valence-corrected chi connectivity index (χ4v) is 2.68. The van der Waals surface area contributed by atoms with Crippen LogP contribution < -0.4 is 16.4 Å². The Hall–Kier alpha value is -1.63. The zero-order chi connectivity index (χ0) is 15.2. The van der Waals surface area contributed by atoms with Crippen LogP contribution in [0.4, 0.5) is 21.9 Å². The van der Waals surface area contributed by atoms with E-state index < -0.39 is 6.09 Å². The highest BCUT2D eigenvalue weighted by Gasteiger charge is 2.06. The van der Waals surface area contributed by atoms with Crippen LogP contribution in [0.15, 0.2) is 29.6 Å². The number of nitrogens with two attached hydrogens (primary N) is 1. The highest BCUT2D eigenvalue weighted by atomic mass is 35.5. The minimum absolute atomic E-state index is 0. The van der Waals surface area contributed by atoms with E-state index in [1.54, 1.807) is 30.4 Å². The lowest BCUT2D eigenvalue weighted by atomic mass is 10.2. The molecule has 0 atom stereocenters. The molecule has 2 aromatic rings. The maximum Gasteiger partial charge on any atom is 0.411 e. The summed E-state index contributed by atoms with van der Waals surface area (Å²) in [5.41, 5.74) is 9.17. The molecule has 0 bridgehead atoms. The molecule has 0 aliphatic carbocycles. The van der Waals surface area contributed by atoms with Crippen molar-refractivity contribution in [1.82, 2.24) is 0 Å². The third-order valence-corrected chi connectivity index (χ3v) is 4.01. The number of amides is 1. The molecule has 0 saturated heterocycles. The first-order valence-electron chi connectivity index (χ1n) is 6.70. The van der Waals surface area contributed by atoms with Gasteiger partial charge in [-0.15, -0.1) is 36.2 Å². The Morgan fingerprint density at radius 2 is 2.04 bits per heavy atom. The maximum atomic E-state index is 11.4. The van der Waals surface area contributed by atoms with Gasteiger partial charge in [-0.05, 0) is 49.1 Å². The third-order valence-electron chi connectivity index (χ3n) is 2.98. The van der Waals surface area contributed by atoms with E-state index in [1.165, 1.54) is 10.4 Å². The van der Waals surface area contributed by atoms with Gasteiger partial charge in [-0.1, -0.05) is 0 Å². The minimum atomic E-state index is -0.501. The molecule has 0 spiro atoms. The number of benzene rings is 1. The predicted octanol–water partition coefficient (Wildman–Crippen LogP) is 4.66. The quantitative estimate of drug-likeness (QED) is 0.662. The van der Waals surface area contributed by atoms with Crippen LogP contribution >= 0.6 is 36.2 Å². The number of nitrogen functional groups attached to an aromatic ring is 1. The fourth-order valence-electron chi connectivity index (χ4n) is 1.83. The van der Waals surface area contributed by atoms with Gasteiger partial charge in [-0.25, -0.2) is 4.79 Å². The minimum Gasteiger partial charge on any atom is -0.450 e. The Labute approximate surface area is 152 Å². The first-order valence-corrected chi connectivity index (χ1v) is 7.58. The molecular formula is C15H21Cl2N3O2S. The number of thiophene rings is 1. The Balaban J connectivity index is 0.00000242. The summed E-state index contributed by atoms with van der Waals surface area (Å²) < 4.78 is 4.82. The van der Waals surface area contributed by atoms with Crippen molar-refractivity contribution in [3.63, 3.8) is 0 Å². The maximum absolute atomic E-state index is 11.4. The molecule has 1 amide bonds. The van der Waals surface area contributed by atoms with Crippen LogP contribution in [-0.4, -0.2) is 12.7 Å². The van der Waals surface area contributed by atoms with E-state index in [-0.39, 0.29) is 24.8 Å². The standard InChI is InChI=1S/C15H19N3O2S.2ClH/c1-3-20-15(19)18-13-5-4-11(8-12(13)16)17-9-14-10(2)6-7-21-14;;/h4-8,17H,3,9,16H2,1-2H3,(H,18,19);2*1H. The average molecular weight is 378 g/mol. The van der Waals surface area contributed by atoms with Gasteiger partial charge in [0.25, 0.3) is 0 Å². The summed E-state index contributed by atoms with van der Waals surface area (Å²) in [6, 6.07) is 7.53. The summed E-state index contributed by atoms with van der Waals surface area (Å²) in [6.45, 7) is 4.93. The fraction of sp³-hybridized carbons (Fsp3) is 0.267. The summed E-state index contributed by atoms with van der Waals surface area (Å²) in [7, 11) is 0. The third kappa shape index (κ3) is 6.17. The Morgan fingerprint density at radius 1 is 1.30 bits per heavy atom. The molecule has 128 valence electrons. The van der Waals surface area contributed by atoms with E-state index in [9.17, 15) is 4.79 Å². The second-order valence-corrected chi connectivity index (χ2v) is 5.53. The molecule has 2 rings (SSSR count). The number of carbonyl (C=O) groups excluding carboxylic acids is 1. The number of hydrogen-bond donors (Lipinski definition) is 3. The second-order valence-electron chi connectivity index (χ2n) is 4.53. The average Bonchev–Trinajstić information content (AvgIpc) is 2.85. The molecule has 0 aliphatic rings. The smallest absolute Gasteiger partial charge is 0.411 e. The topological polar surface area (TPSA) is 76.4 Å². The predicted molar refractivity (Wildman–Crippen MR) is 102 cm³/mol.